The van der Waals surface area contributed by atoms with Gasteiger partial charge < -0.3 is 15.7 Å². The summed E-state index contributed by atoms with van der Waals surface area (Å²) in [5.41, 5.74) is 1.04. The van der Waals surface area contributed by atoms with Crippen LogP contribution in [0.3, 0.4) is 0 Å². The van der Waals surface area contributed by atoms with Crippen LogP contribution in [0.25, 0.3) is 0 Å². The Morgan fingerprint density at radius 1 is 1.25 bits per heavy atom. The Labute approximate surface area is 118 Å². The summed E-state index contributed by atoms with van der Waals surface area (Å²) < 4.78 is 0. The van der Waals surface area contributed by atoms with Gasteiger partial charge in [-0.2, -0.15) is 0 Å². The van der Waals surface area contributed by atoms with E-state index in [0.29, 0.717) is 12.8 Å². The second kappa shape index (κ2) is 6.41. The summed E-state index contributed by atoms with van der Waals surface area (Å²) in [5.74, 6) is -1.10. The van der Waals surface area contributed by atoms with Gasteiger partial charge in [-0.3, -0.25) is 4.79 Å². The highest BCUT2D eigenvalue weighted by Crippen LogP contribution is 2.25. The normalized spacial score (nSPS) is 23.1. The zero-order valence-corrected chi connectivity index (χ0v) is 11.5. The SMILES string of the molecule is CC(NC(=O)N[C@H]1CC[C@@H](C(=O)O)C1)c1ccccc1. The van der Waals surface area contributed by atoms with Crippen LogP contribution in [0.5, 0.6) is 0 Å². The number of hydrogen-bond donors (Lipinski definition) is 3. The van der Waals surface area contributed by atoms with E-state index in [0.717, 1.165) is 12.0 Å². The van der Waals surface area contributed by atoms with Crippen LogP contribution in [0.1, 0.15) is 37.8 Å². The van der Waals surface area contributed by atoms with Crippen LogP contribution < -0.4 is 10.6 Å². The van der Waals surface area contributed by atoms with E-state index in [-0.39, 0.29) is 24.0 Å². The van der Waals surface area contributed by atoms with Crippen molar-refractivity contribution in [2.24, 2.45) is 5.92 Å². The van der Waals surface area contributed by atoms with Crippen LogP contribution in [-0.4, -0.2) is 23.1 Å². The number of carbonyl (C=O) groups excluding carboxylic acids is 1. The maximum Gasteiger partial charge on any atom is 0.315 e. The lowest BCUT2D eigenvalue weighted by molar-refractivity contribution is -0.141. The van der Waals surface area contributed by atoms with E-state index < -0.39 is 5.97 Å². The summed E-state index contributed by atoms with van der Waals surface area (Å²) in [7, 11) is 0. The average Bonchev–Trinajstić information content (AvgIpc) is 2.88. The van der Waals surface area contributed by atoms with Crippen LogP contribution in [0.4, 0.5) is 4.79 Å². The Hall–Kier alpha value is -2.04. The predicted octanol–water partition coefficient (Wildman–Crippen LogP) is 2.30. The molecule has 1 aromatic rings. The first-order chi connectivity index (χ1) is 9.56. The van der Waals surface area contributed by atoms with E-state index in [1.54, 1.807) is 0 Å². The van der Waals surface area contributed by atoms with E-state index >= 15 is 0 Å². The first kappa shape index (κ1) is 14.4. The van der Waals surface area contributed by atoms with Crippen LogP contribution in [-0.2, 0) is 4.79 Å². The zero-order valence-electron chi connectivity index (χ0n) is 11.5. The summed E-state index contributed by atoms with van der Waals surface area (Å²) >= 11 is 0. The van der Waals surface area contributed by atoms with Crippen LogP contribution >= 0.6 is 0 Å². The molecule has 0 saturated heterocycles. The quantitative estimate of drug-likeness (QED) is 0.789. The first-order valence-corrected chi connectivity index (χ1v) is 6.91. The summed E-state index contributed by atoms with van der Waals surface area (Å²) in [6.45, 7) is 1.92. The highest BCUT2D eigenvalue weighted by molar-refractivity contribution is 5.75. The van der Waals surface area contributed by atoms with Gasteiger partial charge in [0.15, 0.2) is 0 Å². The van der Waals surface area contributed by atoms with E-state index in [1.165, 1.54) is 0 Å². The molecule has 2 amide bonds. The van der Waals surface area contributed by atoms with Crippen molar-refractivity contribution < 1.29 is 14.7 Å². The number of urea groups is 1. The van der Waals surface area contributed by atoms with Crippen molar-refractivity contribution in [3.05, 3.63) is 35.9 Å². The number of amides is 2. The Kier molecular flexibility index (Phi) is 4.61. The molecule has 5 nitrogen and oxygen atoms in total. The number of carbonyl (C=O) groups is 2. The molecular formula is C15H20N2O3. The minimum atomic E-state index is -0.771. The summed E-state index contributed by atoms with van der Waals surface area (Å²) in [5, 5.41) is 14.7. The number of benzene rings is 1. The average molecular weight is 276 g/mol. The van der Waals surface area contributed by atoms with E-state index in [9.17, 15) is 9.59 Å². The fourth-order valence-corrected chi connectivity index (χ4v) is 2.59. The lowest BCUT2D eigenvalue weighted by atomic mass is 10.1. The monoisotopic (exact) mass is 276 g/mol. The Balaban J connectivity index is 1.80. The molecule has 5 heteroatoms. The van der Waals surface area contributed by atoms with Crippen molar-refractivity contribution in [2.75, 3.05) is 0 Å². The van der Waals surface area contributed by atoms with Gasteiger partial charge in [-0.05, 0) is 31.7 Å². The molecule has 20 heavy (non-hydrogen) atoms. The summed E-state index contributed by atoms with van der Waals surface area (Å²) in [4.78, 5) is 22.8. The maximum absolute atomic E-state index is 11.9. The number of rotatable bonds is 4. The van der Waals surface area contributed by atoms with Crippen molar-refractivity contribution in [3.8, 4) is 0 Å². The molecule has 1 saturated carbocycles. The van der Waals surface area contributed by atoms with Gasteiger partial charge in [-0.15, -0.1) is 0 Å². The molecular weight excluding hydrogens is 256 g/mol. The van der Waals surface area contributed by atoms with Gasteiger partial charge in [0.1, 0.15) is 0 Å². The highest BCUT2D eigenvalue weighted by Gasteiger charge is 2.30. The molecule has 3 N–H and O–H groups in total. The van der Waals surface area contributed by atoms with Gasteiger partial charge in [0.05, 0.1) is 12.0 Å². The van der Waals surface area contributed by atoms with Crippen molar-refractivity contribution in [3.63, 3.8) is 0 Å². The standard InChI is InChI=1S/C15H20N2O3/c1-10(11-5-3-2-4-6-11)16-15(20)17-13-8-7-12(9-13)14(18)19/h2-6,10,12-13H,7-9H2,1H3,(H,18,19)(H2,16,17,20)/t10?,12-,13+/m1/s1. The number of carboxylic acid groups (broad SMARTS) is 1. The summed E-state index contributed by atoms with van der Waals surface area (Å²) in [6, 6.07) is 9.35. The summed E-state index contributed by atoms with van der Waals surface area (Å²) in [6.07, 6.45) is 1.88. The van der Waals surface area contributed by atoms with Crippen LogP contribution in [0.15, 0.2) is 30.3 Å². The minimum absolute atomic E-state index is 0.0425. The molecule has 0 heterocycles. The molecule has 3 atom stereocenters. The first-order valence-electron chi connectivity index (χ1n) is 6.91. The van der Waals surface area contributed by atoms with Gasteiger partial charge >= 0.3 is 12.0 Å². The molecule has 1 unspecified atom stereocenters. The minimum Gasteiger partial charge on any atom is -0.481 e. The van der Waals surface area contributed by atoms with Crippen LogP contribution in [0, 0.1) is 5.92 Å². The van der Waals surface area contributed by atoms with Crippen molar-refractivity contribution in [1.82, 2.24) is 10.6 Å². The maximum atomic E-state index is 11.9. The lowest BCUT2D eigenvalue weighted by Gasteiger charge is -2.18. The molecule has 1 aliphatic rings. The van der Waals surface area contributed by atoms with E-state index in [1.807, 2.05) is 37.3 Å². The number of carboxylic acids is 1. The second-order valence-electron chi connectivity index (χ2n) is 5.30. The molecule has 1 aliphatic carbocycles. The van der Waals surface area contributed by atoms with E-state index in [2.05, 4.69) is 10.6 Å². The number of hydrogen-bond acceptors (Lipinski definition) is 2. The predicted molar refractivity (Wildman–Crippen MR) is 75.3 cm³/mol. The fraction of sp³-hybridized carbons (Fsp3) is 0.467. The largest absolute Gasteiger partial charge is 0.481 e. The third-order valence-corrected chi connectivity index (χ3v) is 3.76. The van der Waals surface area contributed by atoms with Crippen molar-refractivity contribution in [1.29, 1.82) is 0 Å². The van der Waals surface area contributed by atoms with Gasteiger partial charge in [0, 0.05) is 6.04 Å². The fourth-order valence-electron chi connectivity index (χ4n) is 2.59. The smallest absolute Gasteiger partial charge is 0.315 e. The van der Waals surface area contributed by atoms with E-state index in [4.69, 9.17) is 5.11 Å². The molecule has 0 aromatic heterocycles. The van der Waals surface area contributed by atoms with Gasteiger partial charge in [0.25, 0.3) is 0 Å². The Morgan fingerprint density at radius 3 is 2.55 bits per heavy atom. The lowest BCUT2D eigenvalue weighted by Crippen LogP contribution is -2.42. The topological polar surface area (TPSA) is 78.4 Å². The third-order valence-electron chi connectivity index (χ3n) is 3.76. The molecule has 0 aliphatic heterocycles. The third kappa shape index (κ3) is 3.73. The molecule has 2 rings (SSSR count). The zero-order chi connectivity index (χ0) is 14.5. The molecule has 1 fully saturated rings. The van der Waals surface area contributed by atoms with Gasteiger partial charge in [-0.1, -0.05) is 30.3 Å². The highest BCUT2D eigenvalue weighted by atomic mass is 16.4. The molecule has 0 bridgehead atoms. The Bertz CT molecular complexity index is 475. The number of nitrogens with one attached hydrogen (secondary N) is 2. The van der Waals surface area contributed by atoms with Crippen molar-refractivity contribution in [2.45, 2.75) is 38.3 Å². The van der Waals surface area contributed by atoms with Gasteiger partial charge in [-0.25, -0.2) is 4.79 Å². The van der Waals surface area contributed by atoms with Crippen LogP contribution in [0.2, 0.25) is 0 Å². The van der Waals surface area contributed by atoms with Gasteiger partial charge in [0.2, 0.25) is 0 Å². The molecule has 108 valence electrons. The molecule has 0 radical (unpaired) electrons. The number of aliphatic carboxylic acids is 1. The molecule has 0 spiro atoms. The van der Waals surface area contributed by atoms with Crippen molar-refractivity contribution >= 4 is 12.0 Å². The second-order valence-corrected chi connectivity index (χ2v) is 5.30. The Morgan fingerprint density at radius 2 is 1.95 bits per heavy atom. The molecule has 1 aromatic carbocycles.